The quantitative estimate of drug-likeness (QED) is 0.166. The Morgan fingerprint density at radius 3 is 2.69 bits per heavy atom. The average Bonchev–Trinajstić information content (AvgIpc) is 3.54. The lowest BCUT2D eigenvalue weighted by Crippen LogP contribution is -2.33. The number of thiazole rings is 1. The maximum absolute atomic E-state index is 12.6. The van der Waals surface area contributed by atoms with Gasteiger partial charge in [0.25, 0.3) is 11.6 Å². The van der Waals surface area contributed by atoms with E-state index >= 15 is 0 Å². The number of carbonyl (C=O) groups excluding carboxylic acids is 1. The topological polar surface area (TPSA) is 110 Å². The van der Waals surface area contributed by atoms with E-state index in [9.17, 15) is 14.9 Å². The van der Waals surface area contributed by atoms with Gasteiger partial charge >= 0.3 is 0 Å². The number of amides is 1. The van der Waals surface area contributed by atoms with Crippen molar-refractivity contribution in [3.05, 3.63) is 100 Å². The predicted molar refractivity (Wildman–Crippen MR) is 140 cm³/mol. The Kier molecular flexibility index (Phi) is 6.04. The molecule has 3 aromatic carbocycles. The molecule has 2 aromatic heterocycles. The number of anilines is 1. The molecule has 0 fully saturated rings. The lowest BCUT2D eigenvalue weighted by molar-refractivity contribution is -0.384. The van der Waals surface area contributed by atoms with Crippen molar-refractivity contribution in [1.29, 1.82) is 0 Å². The fourth-order valence-corrected chi connectivity index (χ4v) is 4.55. The number of benzene rings is 3. The fourth-order valence-electron chi connectivity index (χ4n) is 3.58. The number of nitro groups is 1. The summed E-state index contributed by atoms with van der Waals surface area (Å²) in [4.78, 5) is 27.7. The van der Waals surface area contributed by atoms with E-state index in [4.69, 9.17) is 16.6 Å². The van der Waals surface area contributed by atoms with E-state index in [1.807, 2.05) is 47.8 Å². The van der Waals surface area contributed by atoms with Gasteiger partial charge in [0.2, 0.25) is 0 Å². The highest BCUT2D eigenvalue weighted by Crippen LogP contribution is 2.31. The van der Waals surface area contributed by atoms with Crippen molar-refractivity contribution in [3.8, 4) is 22.6 Å². The predicted octanol–water partition coefficient (Wildman–Crippen LogP) is 6.26. The smallest absolute Gasteiger partial charge is 0.293 e. The molecule has 0 radical (unpaired) electrons. The zero-order chi connectivity index (χ0) is 24.4. The largest absolute Gasteiger partial charge is 0.451 e. The third-order valence-electron chi connectivity index (χ3n) is 5.19. The van der Waals surface area contributed by atoms with Crippen LogP contribution in [-0.4, -0.2) is 20.9 Å². The van der Waals surface area contributed by atoms with Gasteiger partial charge in [-0.25, -0.2) is 4.98 Å². The number of furan rings is 1. The average molecular weight is 501 g/mol. The molecule has 35 heavy (non-hydrogen) atoms. The first-order chi connectivity index (χ1) is 17.0. The number of hydrogen-bond donors (Lipinski definition) is 2. The van der Waals surface area contributed by atoms with Crippen molar-refractivity contribution in [3.63, 3.8) is 0 Å². The molecule has 0 aliphatic rings. The number of fused-ring (bicyclic) bond motifs is 1. The third-order valence-corrected chi connectivity index (χ3v) is 6.15. The second kappa shape index (κ2) is 9.45. The molecule has 0 aliphatic carbocycles. The maximum Gasteiger partial charge on any atom is 0.293 e. The minimum absolute atomic E-state index is 0.0197. The first-order valence-corrected chi connectivity index (χ1v) is 11.7. The third kappa shape index (κ3) is 4.79. The van der Waals surface area contributed by atoms with Crippen LogP contribution in [0.5, 0.6) is 0 Å². The number of aromatic nitrogens is 1. The Labute approximate surface area is 208 Å². The van der Waals surface area contributed by atoms with Crippen molar-refractivity contribution in [2.45, 2.75) is 0 Å². The van der Waals surface area contributed by atoms with Crippen LogP contribution in [0.3, 0.4) is 0 Å². The Morgan fingerprint density at radius 2 is 1.83 bits per heavy atom. The first-order valence-electron chi connectivity index (χ1n) is 10.4. The molecule has 0 atom stereocenters. The number of nitrogens with one attached hydrogen (secondary N) is 2. The van der Waals surface area contributed by atoms with E-state index in [-0.39, 0.29) is 16.6 Å². The normalized spacial score (nSPS) is 10.7. The number of carbonyl (C=O) groups is 1. The Morgan fingerprint density at radius 1 is 1.03 bits per heavy atom. The zero-order valence-corrected chi connectivity index (χ0v) is 19.6. The van der Waals surface area contributed by atoms with Crippen LogP contribution < -0.4 is 10.6 Å². The van der Waals surface area contributed by atoms with Gasteiger partial charge in [0.1, 0.15) is 5.76 Å². The van der Waals surface area contributed by atoms with Crippen LogP contribution in [0, 0.1) is 10.1 Å². The van der Waals surface area contributed by atoms with Crippen molar-refractivity contribution in [2.24, 2.45) is 0 Å². The Bertz CT molecular complexity index is 1590. The minimum Gasteiger partial charge on any atom is -0.451 e. The Balaban J connectivity index is 1.26. The van der Waals surface area contributed by atoms with E-state index in [1.165, 1.54) is 29.5 Å². The number of nitro benzene ring substituents is 1. The Hall–Kier alpha value is -4.41. The van der Waals surface area contributed by atoms with Gasteiger partial charge < -0.3 is 9.73 Å². The summed E-state index contributed by atoms with van der Waals surface area (Å²) < 4.78 is 5.59. The van der Waals surface area contributed by atoms with Gasteiger partial charge in [-0.1, -0.05) is 54.6 Å². The molecular formula is C25H16N4O4S2. The van der Waals surface area contributed by atoms with Gasteiger partial charge in [0.15, 0.2) is 16.0 Å². The van der Waals surface area contributed by atoms with Gasteiger partial charge in [-0.3, -0.25) is 20.2 Å². The summed E-state index contributed by atoms with van der Waals surface area (Å²) in [5.41, 5.74) is 2.23. The molecule has 0 saturated heterocycles. The van der Waals surface area contributed by atoms with E-state index in [0.717, 1.165) is 22.0 Å². The van der Waals surface area contributed by atoms with Gasteiger partial charge in [-0.15, -0.1) is 11.3 Å². The summed E-state index contributed by atoms with van der Waals surface area (Å²) in [7, 11) is 0. The van der Waals surface area contributed by atoms with Gasteiger partial charge in [-0.05, 0) is 35.1 Å². The van der Waals surface area contributed by atoms with E-state index in [2.05, 4.69) is 15.6 Å². The van der Waals surface area contributed by atoms with Crippen LogP contribution in [0.2, 0.25) is 0 Å². The first kappa shape index (κ1) is 22.4. The summed E-state index contributed by atoms with van der Waals surface area (Å²) in [6.07, 6.45) is 0. The highest BCUT2D eigenvalue weighted by Gasteiger charge is 2.16. The fraction of sp³-hybridized carbons (Fsp3) is 0. The molecule has 5 aromatic rings. The molecule has 8 nitrogen and oxygen atoms in total. The van der Waals surface area contributed by atoms with E-state index < -0.39 is 10.8 Å². The molecule has 0 saturated carbocycles. The molecule has 5 rings (SSSR count). The van der Waals surface area contributed by atoms with Crippen LogP contribution in [-0.2, 0) is 0 Å². The molecule has 0 unspecified atom stereocenters. The lowest BCUT2D eigenvalue weighted by atomic mass is 10.0. The molecule has 0 aliphatic heterocycles. The molecule has 2 N–H and O–H groups in total. The molecular weight excluding hydrogens is 484 g/mol. The molecule has 1 amide bonds. The lowest BCUT2D eigenvalue weighted by Gasteiger charge is -2.06. The summed E-state index contributed by atoms with van der Waals surface area (Å²) in [5.74, 6) is -0.200. The summed E-state index contributed by atoms with van der Waals surface area (Å²) in [6.45, 7) is 0. The van der Waals surface area contributed by atoms with Crippen LogP contribution in [0.1, 0.15) is 10.6 Å². The maximum atomic E-state index is 12.6. The van der Waals surface area contributed by atoms with Crippen molar-refractivity contribution in [2.75, 3.05) is 5.32 Å². The monoisotopic (exact) mass is 500 g/mol. The van der Waals surface area contributed by atoms with E-state index in [0.29, 0.717) is 16.5 Å². The SMILES string of the molecule is O=C(NC(=S)Nc1nc(-c2cccc3ccccc23)cs1)c1ccc(-c2cccc([N+](=O)[O-])c2)o1. The zero-order valence-electron chi connectivity index (χ0n) is 17.9. The van der Waals surface area contributed by atoms with Crippen LogP contribution in [0.25, 0.3) is 33.4 Å². The summed E-state index contributed by atoms with van der Waals surface area (Å²) in [6, 6.07) is 23.2. The number of thiocarbonyl (C=S) groups is 1. The standard InChI is InChI=1S/C25H16N4O4S2/c30-23(22-12-11-21(33-22)16-7-3-8-17(13-16)29(31)32)27-24(34)28-25-26-20(14-35-25)19-10-4-6-15-5-1-2-9-18(15)19/h1-14H,(H2,26,27,28,30,34). The van der Waals surface area contributed by atoms with Crippen molar-refractivity contribution < 1.29 is 14.1 Å². The van der Waals surface area contributed by atoms with Crippen LogP contribution in [0.15, 0.2) is 88.7 Å². The number of rotatable bonds is 5. The number of non-ortho nitro benzene ring substituents is 1. The summed E-state index contributed by atoms with van der Waals surface area (Å²) >= 11 is 6.64. The molecule has 172 valence electrons. The number of nitrogens with zero attached hydrogens (tertiary/aromatic N) is 2. The van der Waals surface area contributed by atoms with Gasteiger partial charge in [0.05, 0.1) is 10.6 Å². The molecule has 0 spiro atoms. The van der Waals surface area contributed by atoms with Crippen molar-refractivity contribution >= 4 is 56.2 Å². The second-order valence-electron chi connectivity index (χ2n) is 7.44. The van der Waals surface area contributed by atoms with Crippen LogP contribution >= 0.6 is 23.6 Å². The van der Waals surface area contributed by atoms with Crippen LogP contribution in [0.4, 0.5) is 10.8 Å². The second-order valence-corrected chi connectivity index (χ2v) is 8.71. The van der Waals surface area contributed by atoms with Crippen molar-refractivity contribution in [1.82, 2.24) is 10.3 Å². The van der Waals surface area contributed by atoms with E-state index in [1.54, 1.807) is 18.2 Å². The molecule has 10 heteroatoms. The molecule has 2 heterocycles. The summed E-state index contributed by atoms with van der Waals surface area (Å²) in [5, 5.41) is 21.2. The number of hydrogen-bond acceptors (Lipinski definition) is 7. The highest BCUT2D eigenvalue weighted by molar-refractivity contribution is 7.80. The van der Waals surface area contributed by atoms with Gasteiger partial charge in [0, 0.05) is 28.6 Å². The minimum atomic E-state index is -0.551. The molecule has 0 bridgehead atoms. The van der Waals surface area contributed by atoms with Gasteiger partial charge in [-0.2, -0.15) is 0 Å². The highest BCUT2D eigenvalue weighted by atomic mass is 32.1.